The Morgan fingerprint density at radius 2 is 1.90 bits per heavy atom. The first kappa shape index (κ1) is 15.8. The van der Waals surface area contributed by atoms with Crippen LogP contribution >= 0.6 is 0 Å². The van der Waals surface area contributed by atoms with Crippen molar-refractivity contribution >= 4 is 11.9 Å². The lowest BCUT2D eigenvalue weighted by molar-refractivity contribution is -0.137. The molecule has 0 fully saturated rings. The standard InChI is InChI=1S/C12H12F3NO4/c1-2-5(3-8(17)18)16-12(20)6-4-7(13)10(15)11(19)9(6)14/h4-5,19H,2-3H2,1H3,(H,16,20)(H,17,18). The fourth-order valence-corrected chi connectivity index (χ4v) is 1.53. The van der Waals surface area contributed by atoms with E-state index in [0.29, 0.717) is 6.07 Å². The molecule has 0 saturated heterocycles. The molecule has 1 atom stereocenters. The van der Waals surface area contributed by atoms with Gasteiger partial charge in [-0.3, -0.25) is 9.59 Å². The van der Waals surface area contributed by atoms with Gasteiger partial charge in [-0.25, -0.2) is 8.78 Å². The zero-order valence-corrected chi connectivity index (χ0v) is 10.4. The van der Waals surface area contributed by atoms with Crippen LogP contribution in [0.5, 0.6) is 5.75 Å². The number of carboxylic acids is 1. The number of carboxylic acid groups (broad SMARTS) is 1. The van der Waals surface area contributed by atoms with E-state index in [4.69, 9.17) is 10.2 Å². The van der Waals surface area contributed by atoms with Gasteiger partial charge in [0, 0.05) is 6.04 Å². The van der Waals surface area contributed by atoms with Gasteiger partial charge in [-0.15, -0.1) is 0 Å². The average Bonchev–Trinajstić information content (AvgIpc) is 2.38. The highest BCUT2D eigenvalue weighted by atomic mass is 19.2. The third-order valence-electron chi connectivity index (χ3n) is 2.63. The Bertz CT molecular complexity index is 548. The van der Waals surface area contributed by atoms with E-state index in [1.54, 1.807) is 6.92 Å². The third kappa shape index (κ3) is 3.40. The van der Waals surface area contributed by atoms with Gasteiger partial charge < -0.3 is 15.5 Å². The summed E-state index contributed by atoms with van der Waals surface area (Å²) in [4.78, 5) is 22.2. The molecule has 0 aromatic heterocycles. The van der Waals surface area contributed by atoms with Crippen molar-refractivity contribution in [3.8, 4) is 5.75 Å². The molecule has 0 heterocycles. The number of carbonyl (C=O) groups is 2. The molecule has 20 heavy (non-hydrogen) atoms. The number of halogens is 3. The molecule has 0 aliphatic heterocycles. The molecule has 0 spiro atoms. The number of nitrogens with one attached hydrogen (secondary N) is 1. The number of rotatable bonds is 5. The summed E-state index contributed by atoms with van der Waals surface area (Å²) in [6.45, 7) is 1.59. The van der Waals surface area contributed by atoms with Gasteiger partial charge in [0.2, 0.25) is 5.82 Å². The summed E-state index contributed by atoms with van der Waals surface area (Å²) in [5, 5.41) is 19.8. The number of benzene rings is 1. The van der Waals surface area contributed by atoms with Crippen LogP contribution in [-0.2, 0) is 4.79 Å². The van der Waals surface area contributed by atoms with E-state index in [9.17, 15) is 22.8 Å². The molecule has 0 aliphatic rings. The number of hydrogen-bond acceptors (Lipinski definition) is 3. The Kier molecular flexibility index (Phi) is 4.95. The summed E-state index contributed by atoms with van der Waals surface area (Å²) in [7, 11) is 0. The molecule has 0 bridgehead atoms. The Balaban J connectivity index is 3.01. The van der Waals surface area contributed by atoms with Crippen molar-refractivity contribution in [2.24, 2.45) is 0 Å². The van der Waals surface area contributed by atoms with Gasteiger partial charge in [-0.05, 0) is 12.5 Å². The van der Waals surface area contributed by atoms with Crippen molar-refractivity contribution in [2.45, 2.75) is 25.8 Å². The molecule has 5 nitrogen and oxygen atoms in total. The minimum atomic E-state index is -1.79. The molecular weight excluding hydrogens is 279 g/mol. The highest BCUT2D eigenvalue weighted by molar-refractivity contribution is 5.95. The number of aromatic hydroxyl groups is 1. The molecule has 0 saturated carbocycles. The van der Waals surface area contributed by atoms with Crippen LogP contribution in [0.25, 0.3) is 0 Å². The summed E-state index contributed by atoms with van der Waals surface area (Å²) in [6.07, 6.45) is -0.158. The van der Waals surface area contributed by atoms with Crippen LogP contribution in [0.1, 0.15) is 30.1 Å². The minimum Gasteiger partial charge on any atom is -0.503 e. The molecule has 1 amide bonds. The molecule has 1 aromatic rings. The van der Waals surface area contributed by atoms with Gasteiger partial charge in [0.15, 0.2) is 17.4 Å². The Morgan fingerprint density at radius 1 is 1.30 bits per heavy atom. The van der Waals surface area contributed by atoms with E-state index in [0.717, 1.165) is 0 Å². The largest absolute Gasteiger partial charge is 0.503 e. The summed E-state index contributed by atoms with van der Waals surface area (Å²) < 4.78 is 39.4. The number of amides is 1. The summed E-state index contributed by atoms with van der Waals surface area (Å²) in [5.74, 6) is -8.89. The Hall–Kier alpha value is -2.25. The molecular formula is C12H12F3NO4. The van der Waals surface area contributed by atoms with Crippen LogP contribution in [0.15, 0.2) is 6.07 Å². The number of hydrogen-bond donors (Lipinski definition) is 3. The first-order valence-corrected chi connectivity index (χ1v) is 5.67. The molecule has 8 heteroatoms. The third-order valence-corrected chi connectivity index (χ3v) is 2.63. The van der Waals surface area contributed by atoms with Gasteiger partial charge in [0.1, 0.15) is 0 Å². The highest BCUT2D eigenvalue weighted by Gasteiger charge is 2.24. The van der Waals surface area contributed by atoms with Gasteiger partial charge in [-0.2, -0.15) is 4.39 Å². The van der Waals surface area contributed by atoms with Crippen LogP contribution in [0.4, 0.5) is 13.2 Å². The van der Waals surface area contributed by atoms with Crippen molar-refractivity contribution in [2.75, 3.05) is 0 Å². The van der Waals surface area contributed by atoms with Crippen LogP contribution in [-0.4, -0.2) is 28.1 Å². The van der Waals surface area contributed by atoms with Crippen molar-refractivity contribution < 1.29 is 33.0 Å². The van der Waals surface area contributed by atoms with Crippen LogP contribution in [0, 0.1) is 17.5 Å². The topological polar surface area (TPSA) is 86.6 Å². The zero-order valence-electron chi connectivity index (χ0n) is 10.4. The van der Waals surface area contributed by atoms with Gasteiger partial charge in [0.05, 0.1) is 12.0 Å². The van der Waals surface area contributed by atoms with E-state index in [-0.39, 0.29) is 6.42 Å². The monoisotopic (exact) mass is 291 g/mol. The first-order chi connectivity index (χ1) is 9.27. The van der Waals surface area contributed by atoms with Crippen LogP contribution < -0.4 is 5.32 Å². The molecule has 1 rings (SSSR count). The summed E-state index contributed by atoms with van der Waals surface area (Å²) in [6, 6.07) is -0.498. The van der Waals surface area contributed by atoms with Gasteiger partial charge in [-0.1, -0.05) is 6.92 Å². The van der Waals surface area contributed by atoms with Crippen molar-refractivity contribution in [3.63, 3.8) is 0 Å². The van der Waals surface area contributed by atoms with E-state index < -0.39 is 53.1 Å². The molecule has 110 valence electrons. The first-order valence-electron chi connectivity index (χ1n) is 5.67. The Labute approximate surface area is 112 Å². The lowest BCUT2D eigenvalue weighted by atomic mass is 10.1. The normalized spacial score (nSPS) is 12.0. The average molecular weight is 291 g/mol. The molecule has 3 N–H and O–H groups in total. The van der Waals surface area contributed by atoms with E-state index in [1.165, 1.54) is 0 Å². The minimum absolute atomic E-state index is 0.245. The number of aliphatic carboxylic acids is 1. The maximum atomic E-state index is 13.5. The second-order valence-corrected chi connectivity index (χ2v) is 4.06. The van der Waals surface area contributed by atoms with E-state index >= 15 is 0 Å². The predicted octanol–water partition coefficient (Wildman–Crippen LogP) is 1.79. The molecule has 1 unspecified atom stereocenters. The zero-order chi connectivity index (χ0) is 15.4. The summed E-state index contributed by atoms with van der Waals surface area (Å²) >= 11 is 0. The summed E-state index contributed by atoms with van der Waals surface area (Å²) in [5.41, 5.74) is -0.898. The van der Waals surface area contributed by atoms with Crippen LogP contribution in [0.2, 0.25) is 0 Å². The predicted molar refractivity (Wildman–Crippen MR) is 61.8 cm³/mol. The number of carbonyl (C=O) groups excluding carboxylic acids is 1. The quantitative estimate of drug-likeness (QED) is 0.722. The maximum Gasteiger partial charge on any atom is 0.305 e. The van der Waals surface area contributed by atoms with E-state index in [1.807, 2.05) is 0 Å². The lowest BCUT2D eigenvalue weighted by Gasteiger charge is -2.15. The fraction of sp³-hybridized carbons (Fsp3) is 0.333. The fourth-order valence-electron chi connectivity index (χ4n) is 1.53. The number of phenolic OH excluding ortho intramolecular Hbond substituents is 1. The van der Waals surface area contributed by atoms with Gasteiger partial charge in [0.25, 0.3) is 5.91 Å². The van der Waals surface area contributed by atoms with Gasteiger partial charge >= 0.3 is 5.97 Å². The Morgan fingerprint density at radius 3 is 2.40 bits per heavy atom. The second-order valence-electron chi connectivity index (χ2n) is 4.06. The molecule has 1 aromatic carbocycles. The van der Waals surface area contributed by atoms with Crippen molar-refractivity contribution in [3.05, 3.63) is 29.1 Å². The van der Waals surface area contributed by atoms with Crippen molar-refractivity contribution in [1.82, 2.24) is 5.32 Å². The SMILES string of the molecule is CCC(CC(=O)O)NC(=O)c1cc(F)c(F)c(O)c1F. The highest BCUT2D eigenvalue weighted by Crippen LogP contribution is 2.25. The van der Waals surface area contributed by atoms with Crippen LogP contribution in [0.3, 0.4) is 0 Å². The smallest absolute Gasteiger partial charge is 0.305 e. The lowest BCUT2D eigenvalue weighted by Crippen LogP contribution is -2.36. The molecule has 0 aliphatic carbocycles. The number of phenols is 1. The maximum absolute atomic E-state index is 13.5. The molecule has 0 radical (unpaired) electrons. The second kappa shape index (κ2) is 6.27. The van der Waals surface area contributed by atoms with Crippen molar-refractivity contribution in [1.29, 1.82) is 0 Å². The van der Waals surface area contributed by atoms with E-state index in [2.05, 4.69) is 5.32 Å².